The number of hydrogen-bond donors (Lipinski definition) is 3. The van der Waals surface area contributed by atoms with Crippen molar-refractivity contribution in [2.45, 2.75) is 45.6 Å². The summed E-state index contributed by atoms with van der Waals surface area (Å²) in [5, 5.41) is 20.9. The molecule has 6 nitrogen and oxygen atoms in total. The van der Waals surface area contributed by atoms with Gasteiger partial charge in [0.2, 0.25) is 5.91 Å². The zero-order chi connectivity index (χ0) is 16.5. The molecule has 0 radical (unpaired) electrons. The van der Waals surface area contributed by atoms with Crippen LogP contribution in [0.5, 0.6) is 0 Å². The average molecular weight is 312 g/mol. The SMILES string of the molecule is CC=C[C@@H]1CCN(C(=O)O)[C@@H]1CC(CCC)CNC(=O)CO. The fourth-order valence-corrected chi connectivity index (χ4v) is 3.26. The standard InChI is InChI=1S/C16H28N2O4/c1-3-5-12(10-17-15(20)11-19)9-14-13(6-4-2)7-8-18(14)16(21)22/h4,6,12-14,19H,3,5,7-11H2,1-2H3,(H,17,20)(H,21,22)/t12?,13-,14-/m1/s1. The van der Waals surface area contributed by atoms with Gasteiger partial charge in [0.15, 0.2) is 0 Å². The molecule has 1 saturated heterocycles. The molecule has 0 aromatic carbocycles. The first-order valence-corrected chi connectivity index (χ1v) is 8.03. The van der Waals surface area contributed by atoms with Crippen molar-refractivity contribution in [2.24, 2.45) is 11.8 Å². The molecule has 3 atom stereocenters. The number of carboxylic acid groups (broad SMARTS) is 1. The Hall–Kier alpha value is -1.56. The Bertz CT molecular complexity index is 398. The highest BCUT2D eigenvalue weighted by atomic mass is 16.4. The molecule has 22 heavy (non-hydrogen) atoms. The van der Waals surface area contributed by atoms with Gasteiger partial charge in [0.05, 0.1) is 0 Å². The summed E-state index contributed by atoms with van der Waals surface area (Å²) in [5.74, 6) is 0.0832. The number of carbonyl (C=O) groups is 2. The lowest BCUT2D eigenvalue weighted by atomic mass is 9.88. The van der Waals surface area contributed by atoms with Crippen molar-refractivity contribution in [2.75, 3.05) is 19.7 Å². The molecule has 2 amide bonds. The van der Waals surface area contributed by atoms with Gasteiger partial charge < -0.3 is 20.4 Å². The Balaban J connectivity index is 2.72. The van der Waals surface area contributed by atoms with Crippen LogP contribution in [0.2, 0.25) is 0 Å². The summed E-state index contributed by atoms with van der Waals surface area (Å²) in [6, 6.07) is -0.0312. The lowest BCUT2D eigenvalue weighted by molar-refractivity contribution is -0.124. The zero-order valence-electron chi connectivity index (χ0n) is 13.5. The molecular weight excluding hydrogens is 284 g/mol. The molecule has 0 aromatic heterocycles. The van der Waals surface area contributed by atoms with Gasteiger partial charge in [-0.1, -0.05) is 25.5 Å². The van der Waals surface area contributed by atoms with E-state index in [2.05, 4.69) is 18.3 Å². The summed E-state index contributed by atoms with van der Waals surface area (Å²) in [6.45, 7) is 4.57. The second-order valence-corrected chi connectivity index (χ2v) is 5.87. The van der Waals surface area contributed by atoms with Gasteiger partial charge in [-0.05, 0) is 38.0 Å². The zero-order valence-corrected chi connectivity index (χ0v) is 13.5. The van der Waals surface area contributed by atoms with Crippen molar-refractivity contribution >= 4 is 12.0 Å². The van der Waals surface area contributed by atoms with Crippen LogP contribution in [0.1, 0.15) is 39.5 Å². The number of hydrogen-bond acceptors (Lipinski definition) is 3. The van der Waals surface area contributed by atoms with Crippen LogP contribution in [0.4, 0.5) is 4.79 Å². The third-order valence-electron chi connectivity index (χ3n) is 4.29. The molecule has 0 aromatic rings. The molecule has 1 aliphatic heterocycles. The van der Waals surface area contributed by atoms with E-state index in [0.29, 0.717) is 13.1 Å². The van der Waals surface area contributed by atoms with E-state index < -0.39 is 12.7 Å². The number of carbonyl (C=O) groups excluding carboxylic acids is 1. The predicted molar refractivity (Wildman–Crippen MR) is 84.6 cm³/mol. The maximum atomic E-state index is 11.4. The summed E-state index contributed by atoms with van der Waals surface area (Å²) in [6.07, 6.45) is 6.69. The Morgan fingerprint density at radius 3 is 2.73 bits per heavy atom. The number of aliphatic hydroxyl groups is 1. The largest absolute Gasteiger partial charge is 0.465 e. The average Bonchev–Trinajstić information content (AvgIpc) is 2.88. The van der Waals surface area contributed by atoms with E-state index in [1.54, 1.807) is 0 Å². The second kappa shape index (κ2) is 9.46. The first-order chi connectivity index (χ1) is 10.5. The lowest BCUT2D eigenvalue weighted by Gasteiger charge is -2.29. The minimum atomic E-state index is -0.869. The molecule has 1 rings (SSSR count). The number of aliphatic hydroxyl groups excluding tert-OH is 1. The predicted octanol–water partition coefficient (Wildman–Crippen LogP) is 1.85. The Morgan fingerprint density at radius 1 is 1.45 bits per heavy atom. The van der Waals surface area contributed by atoms with E-state index in [-0.39, 0.29) is 23.8 Å². The third-order valence-corrected chi connectivity index (χ3v) is 4.29. The first-order valence-electron chi connectivity index (χ1n) is 8.03. The van der Waals surface area contributed by atoms with Gasteiger partial charge in [-0.3, -0.25) is 4.79 Å². The molecule has 0 bridgehead atoms. The lowest BCUT2D eigenvalue weighted by Crippen LogP contribution is -2.40. The van der Waals surface area contributed by atoms with Gasteiger partial charge in [-0.15, -0.1) is 0 Å². The minimum Gasteiger partial charge on any atom is -0.465 e. The fraction of sp³-hybridized carbons (Fsp3) is 0.750. The Labute approximate surface area is 132 Å². The van der Waals surface area contributed by atoms with E-state index in [1.807, 2.05) is 13.0 Å². The van der Waals surface area contributed by atoms with Crippen LogP contribution in [0, 0.1) is 11.8 Å². The topological polar surface area (TPSA) is 89.9 Å². The van der Waals surface area contributed by atoms with Crippen molar-refractivity contribution in [1.82, 2.24) is 10.2 Å². The third kappa shape index (κ3) is 5.33. The fourth-order valence-electron chi connectivity index (χ4n) is 3.26. The summed E-state index contributed by atoms with van der Waals surface area (Å²) >= 11 is 0. The van der Waals surface area contributed by atoms with Crippen LogP contribution in [0.3, 0.4) is 0 Å². The number of nitrogens with one attached hydrogen (secondary N) is 1. The van der Waals surface area contributed by atoms with Gasteiger partial charge in [0.25, 0.3) is 0 Å². The van der Waals surface area contributed by atoms with Crippen molar-refractivity contribution < 1.29 is 19.8 Å². The van der Waals surface area contributed by atoms with Gasteiger partial charge in [-0.25, -0.2) is 4.79 Å². The minimum absolute atomic E-state index is 0.0312. The summed E-state index contributed by atoms with van der Waals surface area (Å²) in [7, 11) is 0. The van der Waals surface area contributed by atoms with Gasteiger partial charge in [-0.2, -0.15) is 0 Å². The van der Waals surface area contributed by atoms with Gasteiger partial charge >= 0.3 is 6.09 Å². The van der Waals surface area contributed by atoms with E-state index in [4.69, 9.17) is 5.11 Å². The molecule has 6 heteroatoms. The highest BCUT2D eigenvalue weighted by molar-refractivity contribution is 5.76. The Kier molecular flexibility index (Phi) is 7.95. The second-order valence-electron chi connectivity index (χ2n) is 5.87. The van der Waals surface area contributed by atoms with Crippen LogP contribution in [-0.2, 0) is 4.79 Å². The van der Waals surface area contributed by atoms with E-state index in [0.717, 1.165) is 25.7 Å². The summed E-state index contributed by atoms with van der Waals surface area (Å²) in [4.78, 5) is 24.2. The first kappa shape index (κ1) is 18.5. The van der Waals surface area contributed by atoms with Crippen molar-refractivity contribution in [1.29, 1.82) is 0 Å². The van der Waals surface area contributed by atoms with Crippen LogP contribution in [-0.4, -0.2) is 52.9 Å². The van der Waals surface area contributed by atoms with Crippen molar-refractivity contribution in [3.63, 3.8) is 0 Å². The van der Waals surface area contributed by atoms with E-state index in [9.17, 15) is 14.7 Å². The molecule has 1 aliphatic rings. The van der Waals surface area contributed by atoms with Gasteiger partial charge in [0.1, 0.15) is 6.61 Å². The maximum absolute atomic E-state index is 11.4. The molecule has 1 fully saturated rings. The number of nitrogens with zero attached hydrogens (tertiary/aromatic N) is 1. The van der Waals surface area contributed by atoms with E-state index >= 15 is 0 Å². The normalized spacial score (nSPS) is 23.0. The molecule has 1 heterocycles. The van der Waals surface area contributed by atoms with Crippen molar-refractivity contribution in [3.05, 3.63) is 12.2 Å². The smallest absolute Gasteiger partial charge is 0.407 e. The van der Waals surface area contributed by atoms with Crippen LogP contribution in [0.25, 0.3) is 0 Å². The summed E-state index contributed by atoms with van der Waals surface area (Å²) in [5.41, 5.74) is 0. The van der Waals surface area contributed by atoms with E-state index in [1.165, 1.54) is 4.90 Å². The molecule has 126 valence electrons. The summed E-state index contributed by atoms with van der Waals surface area (Å²) < 4.78 is 0. The van der Waals surface area contributed by atoms with Crippen LogP contribution in [0.15, 0.2) is 12.2 Å². The highest BCUT2D eigenvalue weighted by Gasteiger charge is 2.36. The van der Waals surface area contributed by atoms with Crippen LogP contribution < -0.4 is 5.32 Å². The monoisotopic (exact) mass is 312 g/mol. The molecule has 0 saturated carbocycles. The molecule has 1 unspecified atom stereocenters. The molecule has 3 N–H and O–H groups in total. The number of allylic oxidation sites excluding steroid dienone is 1. The molecular formula is C16H28N2O4. The number of rotatable bonds is 8. The quantitative estimate of drug-likeness (QED) is 0.597. The Morgan fingerprint density at radius 2 is 2.18 bits per heavy atom. The van der Waals surface area contributed by atoms with Crippen molar-refractivity contribution in [3.8, 4) is 0 Å². The maximum Gasteiger partial charge on any atom is 0.407 e. The van der Waals surface area contributed by atoms with Gasteiger partial charge in [0, 0.05) is 19.1 Å². The highest BCUT2D eigenvalue weighted by Crippen LogP contribution is 2.31. The number of likely N-dealkylation sites (tertiary alicyclic amines) is 1. The molecule has 0 spiro atoms. The molecule has 0 aliphatic carbocycles. The van der Waals surface area contributed by atoms with Crippen LogP contribution >= 0.6 is 0 Å². The number of amides is 2.